The lowest BCUT2D eigenvalue weighted by Gasteiger charge is -2.38. The molecule has 3 fully saturated rings. The predicted molar refractivity (Wildman–Crippen MR) is 130 cm³/mol. The van der Waals surface area contributed by atoms with E-state index in [9.17, 15) is 14.0 Å². The highest BCUT2D eigenvalue weighted by atomic mass is 32.1. The molecule has 1 aliphatic carbocycles. The van der Waals surface area contributed by atoms with Crippen molar-refractivity contribution in [3.8, 4) is 0 Å². The standard InChI is InChI=1S/C26H35FN2O3S/c1-2-32-26(31)19-9-13-28(14-10-19)15-11-20-17-29(16-12-23(20)33)24(25(30)18-7-8-18)21-5-3-4-6-22(21)27/h3-6,11,18-19,23-24,33H,2,7-10,12-17H2,1H3/b20-11+. The van der Waals surface area contributed by atoms with E-state index in [4.69, 9.17) is 17.4 Å². The second-order valence-electron chi connectivity index (χ2n) is 9.48. The van der Waals surface area contributed by atoms with Crippen molar-refractivity contribution in [1.82, 2.24) is 9.80 Å². The molecular formula is C26H35FN2O3S. The van der Waals surface area contributed by atoms with Gasteiger partial charge in [0.1, 0.15) is 5.82 Å². The minimum absolute atomic E-state index is 0.00613. The van der Waals surface area contributed by atoms with E-state index in [1.807, 2.05) is 13.0 Å². The number of Topliss-reactive ketones (excluding diaryl/α,β-unsaturated/α-hetero) is 1. The first-order chi connectivity index (χ1) is 16.0. The molecule has 0 spiro atoms. The average molecular weight is 475 g/mol. The lowest BCUT2D eigenvalue weighted by atomic mass is 9.93. The summed E-state index contributed by atoms with van der Waals surface area (Å²) in [5, 5.41) is 0.149. The summed E-state index contributed by atoms with van der Waals surface area (Å²) >= 11 is 4.81. The van der Waals surface area contributed by atoms with Gasteiger partial charge in [0.2, 0.25) is 0 Å². The summed E-state index contributed by atoms with van der Waals surface area (Å²) in [5.41, 5.74) is 1.69. The smallest absolute Gasteiger partial charge is 0.309 e. The zero-order valence-electron chi connectivity index (χ0n) is 19.4. The number of likely N-dealkylation sites (tertiary alicyclic amines) is 2. The van der Waals surface area contributed by atoms with E-state index >= 15 is 0 Å². The molecule has 0 bridgehead atoms. The van der Waals surface area contributed by atoms with E-state index in [0.717, 1.165) is 58.3 Å². The average Bonchev–Trinajstić information content (AvgIpc) is 3.66. The van der Waals surface area contributed by atoms with Gasteiger partial charge in [0.05, 0.1) is 18.6 Å². The Hall–Kier alpha value is -1.70. The van der Waals surface area contributed by atoms with Gasteiger partial charge in [0, 0.05) is 36.4 Å². The monoisotopic (exact) mass is 474 g/mol. The molecule has 5 nitrogen and oxygen atoms in total. The van der Waals surface area contributed by atoms with E-state index < -0.39 is 6.04 Å². The molecule has 2 saturated heterocycles. The van der Waals surface area contributed by atoms with Gasteiger partial charge in [0.15, 0.2) is 5.78 Å². The van der Waals surface area contributed by atoms with Crippen LogP contribution >= 0.6 is 12.6 Å². The van der Waals surface area contributed by atoms with Crippen molar-refractivity contribution in [2.45, 2.75) is 50.3 Å². The van der Waals surface area contributed by atoms with Crippen LogP contribution in [0.25, 0.3) is 0 Å². The van der Waals surface area contributed by atoms with Crippen molar-refractivity contribution < 1.29 is 18.7 Å². The molecule has 2 atom stereocenters. The lowest BCUT2D eigenvalue weighted by Crippen LogP contribution is -2.43. The molecule has 2 aliphatic heterocycles. The normalized spacial score (nSPS) is 25.2. The summed E-state index contributed by atoms with van der Waals surface area (Å²) in [7, 11) is 0. The van der Waals surface area contributed by atoms with Gasteiger partial charge in [-0.1, -0.05) is 24.3 Å². The van der Waals surface area contributed by atoms with E-state index in [1.54, 1.807) is 12.1 Å². The zero-order valence-corrected chi connectivity index (χ0v) is 20.3. The van der Waals surface area contributed by atoms with E-state index in [0.29, 0.717) is 18.7 Å². The number of halogens is 1. The molecule has 33 heavy (non-hydrogen) atoms. The number of esters is 1. The number of benzene rings is 1. The third kappa shape index (κ3) is 6.06. The van der Waals surface area contributed by atoms with Crippen LogP contribution in [0.4, 0.5) is 4.39 Å². The molecule has 1 saturated carbocycles. The third-order valence-electron chi connectivity index (χ3n) is 7.14. The van der Waals surface area contributed by atoms with Crippen molar-refractivity contribution in [3.63, 3.8) is 0 Å². The largest absolute Gasteiger partial charge is 0.466 e. The molecule has 4 rings (SSSR count). The molecule has 0 radical (unpaired) electrons. The van der Waals surface area contributed by atoms with Crippen LogP contribution in [-0.4, -0.2) is 66.1 Å². The van der Waals surface area contributed by atoms with Gasteiger partial charge >= 0.3 is 5.97 Å². The van der Waals surface area contributed by atoms with Crippen molar-refractivity contribution in [1.29, 1.82) is 0 Å². The molecule has 0 amide bonds. The molecular weight excluding hydrogens is 439 g/mol. The lowest BCUT2D eigenvalue weighted by molar-refractivity contribution is -0.149. The Bertz CT molecular complexity index is 880. The Balaban J connectivity index is 1.41. The maximum absolute atomic E-state index is 14.7. The summed E-state index contributed by atoms with van der Waals surface area (Å²) < 4.78 is 19.9. The third-order valence-corrected chi connectivity index (χ3v) is 7.73. The number of ketones is 1. The Morgan fingerprint density at radius 1 is 1.12 bits per heavy atom. The summed E-state index contributed by atoms with van der Waals surface area (Å²) in [6.07, 6.45) is 6.54. The fraction of sp³-hybridized carbons (Fsp3) is 0.615. The first-order valence-corrected chi connectivity index (χ1v) is 12.8. The van der Waals surface area contributed by atoms with E-state index in [1.165, 1.54) is 11.6 Å². The second kappa shape index (κ2) is 11.2. The Labute approximate surface area is 201 Å². The van der Waals surface area contributed by atoms with Crippen LogP contribution < -0.4 is 0 Å². The maximum Gasteiger partial charge on any atom is 0.309 e. The fourth-order valence-electron chi connectivity index (χ4n) is 4.99. The number of hydrogen-bond donors (Lipinski definition) is 1. The maximum atomic E-state index is 14.7. The minimum atomic E-state index is -0.525. The van der Waals surface area contributed by atoms with Crippen molar-refractivity contribution in [2.24, 2.45) is 11.8 Å². The molecule has 1 aromatic carbocycles. The number of piperidine rings is 2. The molecule has 3 aliphatic rings. The Morgan fingerprint density at radius 3 is 2.52 bits per heavy atom. The Morgan fingerprint density at radius 2 is 1.85 bits per heavy atom. The SMILES string of the molecule is CCOC(=O)C1CCN(C/C=C2\CN(C(C(=O)C3CC3)c3ccccc3F)CCC2S)CC1. The summed E-state index contributed by atoms with van der Waals surface area (Å²) in [5.74, 6) is -0.158. The van der Waals surface area contributed by atoms with E-state index in [2.05, 4.69) is 15.9 Å². The molecule has 0 N–H and O–H groups in total. The highest BCUT2D eigenvalue weighted by Gasteiger charge is 2.40. The number of ether oxygens (including phenoxy) is 1. The first kappa shape index (κ1) is 24.4. The molecule has 1 aromatic rings. The fourth-order valence-corrected chi connectivity index (χ4v) is 5.29. The minimum Gasteiger partial charge on any atom is -0.466 e. The Kier molecular flexibility index (Phi) is 8.25. The molecule has 0 aromatic heterocycles. The van der Waals surface area contributed by atoms with Crippen LogP contribution in [0.5, 0.6) is 0 Å². The molecule has 180 valence electrons. The topological polar surface area (TPSA) is 49.9 Å². The summed E-state index contributed by atoms with van der Waals surface area (Å²) in [4.78, 5) is 29.7. The molecule has 2 unspecified atom stereocenters. The number of carbonyl (C=O) groups excluding carboxylic acids is 2. The molecule has 2 heterocycles. The zero-order chi connectivity index (χ0) is 23.4. The number of nitrogens with zero attached hydrogens (tertiary/aromatic N) is 2. The number of rotatable bonds is 8. The van der Waals surface area contributed by atoms with Crippen LogP contribution in [0.1, 0.15) is 50.6 Å². The highest BCUT2D eigenvalue weighted by molar-refractivity contribution is 7.81. The van der Waals surface area contributed by atoms with Crippen LogP contribution in [0.2, 0.25) is 0 Å². The number of carbonyl (C=O) groups is 2. The van der Waals surface area contributed by atoms with Crippen LogP contribution in [0.15, 0.2) is 35.9 Å². The van der Waals surface area contributed by atoms with Crippen molar-refractivity contribution in [2.75, 3.05) is 39.3 Å². The van der Waals surface area contributed by atoms with E-state index in [-0.39, 0.29) is 34.7 Å². The quantitative estimate of drug-likeness (QED) is 0.350. The molecule has 7 heteroatoms. The van der Waals surface area contributed by atoms with Crippen LogP contribution in [-0.2, 0) is 14.3 Å². The second-order valence-corrected chi connectivity index (χ2v) is 10.1. The van der Waals surface area contributed by atoms with Gasteiger partial charge < -0.3 is 4.74 Å². The van der Waals surface area contributed by atoms with Gasteiger partial charge in [-0.05, 0) is 63.8 Å². The van der Waals surface area contributed by atoms with Gasteiger partial charge in [0.25, 0.3) is 0 Å². The highest BCUT2D eigenvalue weighted by Crippen LogP contribution is 2.39. The van der Waals surface area contributed by atoms with Crippen molar-refractivity contribution >= 4 is 24.4 Å². The van der Waals surface area contributed by atoms with Gasteiger partial charge in [-0.25, -0.2) is 4.39 Å². The van der Waals surface area contributed by atoms with Gasteiger partial charge in [-0.3, -0.25) is 19.4 Å². The summed E-state index contributed by atoms with van der Waals surface area (Å²) in [6, 6.07) is 6.17. The first-order valence-electron chi connectivity index (χ1n) is 12.3. The van der Waals surface area contributed by atoms with Gasteiger partial charge in [-0.15, -0.1) is 0 Å². The predicted octanol–water partition coefficient (Wildman–Crippen LogP) is 4.05. The van der Waals surface area contributed by atoms with Crippen LogP contribution in [0.3, 0.4) is 0 Å². The number of hydrogen-bond acceptors (Lipinski definition) is 6. The van der Waals surface area contributed by atoms with Crippen LogP contribution in [0, 0.1) is 17.7 Å². The summed E-state index contributed by atoms with van der Waals surface area (Å²) in [6.45, 7) is 6.17. The van der Waals surface area contributed by atoms with Crippen molar-refractivity contribution in [3.05, 3.63) is 47.3 Å². The number of thiol groups is 1. The van der Waals surface area contributed by atoms with Gasteiger partial charge in [-0.2, -0.15) is 12.6 Å².